The lowest BCUT2D eigenvalue weighted by Gasteiger charge is -2.21. The first-order chi connectivity index (χ1) is 12.6. The number of rotatable bonds is 9. The van der Waals surface area contributed by atoms with Crippen molar-refractivity contribution in [3.05, 3.63) is 23.9 Å². The number of halogens is 1. The van der Waals surface area contributed by atoms with E-state index in [4.69, 9.17) is 14.2 Å². The minimum absolute atomic E-state index is 0. The molecule has 27 heavy (non-hydrogen) atoms. The van der Waals surface area contributed by atoms with Crippen LogP contribution < -0.4 is 10.1 Å². The summed E-state index contributed by atoms with van der Waals surface area (Å²) >= 11 is 0. The summed E-state index contributed by atoms with van der Waals surface area (Å²) in [7, 11) is 3.51. The highest BCUT2D eigenvalue weighted by molar-refractivity contribution is 14.0. The number of pyridine rings is 1. The minimum Gasteiger partial charge on any atom is -0.475 e. The van der Waals surface area contributed by atoms with Gasteiger partial charge in [-0.2, -0.15) is 0 Å². The van der Waals surface area contributed by atoms with Crippen molar-refractivity contribution < 1.29 is 14.2 Å². The Balaban J connectivity index is 0.00000364. The van der Waals surface area contributed by atoms with Crippen LogP contribution in [0.25, 0.3) is 0 Å². The molecule has 1 atom stereocenters. The zero-order valence-corrected chi connectivity index (χ0v) is 19.1. The van der Waals surface area contributed by atoms with Crippen LogP contribution >= 0.6 is 24.0 Å². The van der Waals surface area contributed by atoms with E-state index in [9.17, 15) is 0 Å². The molecule has 0 aliphatic carbocycles. The number of hydrogen-bond donors (Lipinski definition) is 1. The number of methoxy groups -OCH3 is 1. The van der Waals surface area contributed by atoms with Crippen LogP contribution in [0.1, 0.15) is 25.8 Å². The Hall–Kier alpha value is -1.13. The first-order valence-corrected chi connectivity index (χ1v) is 9.26. The number of aliphatic imine (C=N–C) groups is 1. The van der Waals surface area contributed by atoms with Crippen LogP contribution in [0.2, 0.25) is 0 Å². The Kier molecular flexibility index (Phi) is 11.6. The maximum Gasteiger partial charge on any atom is 0.213 e. The lowest BCUT2D eigenvalue weighted by atomic mass is 10.1. The van der Waals surface area contributed by atoms with Crippen molar-refractivity contribution in [2.45, 2.75) is 32.9 Å². The van der Waals surface area contributed by atoms with Gasteiger partial charge in [0.15, 0.2) is 5.96 Å². The fourth-order valence-electron chi connectivity index (χ4n) is 2.89. The normalized spacial score (nSPS) is 17.1. The van der Waals surface area contributed by atoms with Gasteiger partial charge in [0.05, 0.1) is 25.9 Å². The first-order valence-electron chi connectivity index (χ1n) is 9.26. The summed E-state index contributed by atoms with van der Waals surface area (Å²) in [6.07, 6.45) is 3.09. The molecule has 0 aromatic carbocycles. The van der Waals surface area contributed by atoms with Crippen molar-refractivity contribution in [3.8, 4) is 5.88 Å². The highest BCUT2D eigenvalue weighted by atomic mass is 127. The van der Waals surface area contributed by atoms with Gasteiger partial charge in [-0.3, -0.25) is 4.99 Å². The molecule has 1 unspecified atom stereocenters. The summed E-state index contributed by atoms with van der Waals surface area (Å²) in [5.41, 5.74) is 1.10. The molecule has 0 spiro atoms. The summed E-state index contributed by atoms with van der Waals surface area (Å²) < 4.78 is 16.2. The van der Waals surface area contributed by atoms with Gasteiger partial charge in [0.2, 0.25) is 5.88 Å². The topological polar surface area (TPSA) is 68.2 Å². The summed E-state index contributed by atoms with van der Waals surface area (Å²) in [5, 5.41) is 3.42. The second-order valence-electron chi connectivity index (χ2n) is 6.74. The van der Waals surface area contributed by atoms with Crippen LogP contribution in [-0.2, 0) is 16.0 Å². The molecule has 0 radical (unpaired) electrons. The Morgan fingerprint density at radius 2 is 2.19 bits per heavy atom. The summed E-state index contributed by atoms with van der Waals surface area (Å²) in [5.74, 6) is 2.12. The van der Waals surface area contributed by atoms with Crippen molar-refractivity contribution in [3.63, 3.8) is 0 Å². The van der Waals surface area contributed by atoms with Crippen LogP contribution in [0, 0.1) is 5.92 Å². The van der Waals surface area contributed by atoms with E-state index in [1.54, 1.807) is 7.11 Å². The Morgan fingerprint density at radius 3 is 2.81 bits per heavy atom. The maximum atomic E-state index is 5.66. The van der Waals surface area contributed by atoms with Crippen molar-refractivity contribution in [1.29, 1.82) is 0 Å². The molecule has 0 bridgehead atoms. The first kappa shape index (κ1) is 23.9. The van der Waals surface area contributed by atoms with Gasteiger partial charge in [-0.25, -0.2) is 4.98 Å². The van der Waals surface area contributed by atoms with Crippen LogP contribution in [0.15, 0.2) is 23.3 Å². The highest BCUT2D eigenvalue weighted by Gasteiger charge is 2.24. The molecule has 0 saturated carbocycles. The number of nitrogens with one attached hydrogen (secondary N) is 1. The second-order valence-corrected chi connectivity index (χ2v) is 6.74. The van der Waals surface area contributed by atoms with Crippen molar-refractivity contribution in [2.24, 2.45) is 10.9 Å². The third-order valence-electron chi connectivity index (χ3n) is 4.19. The zero-order valence-electron chi connectivity index (χ0n) is 16.8. The summed E-state index contributed by atoms with van der Waals surface area (Å²) in [6, 6.07) is 3.93. The van der Waals surface area contributed by atoms with Gasteiger partial charge < -0.3 is 24.4 Å². The van der Waals surface area contributed by atoms with Gasteiger partial charge in [-0.05, 0) is 25.8 Å². The number of aromatic nitrogens is 1. The van der Waals surface area contributed by atoms with Crippen LogP contribution in [0.4, 0.5) is 0 Å². The molecule has 1 aliphatic rings. The molecule has 0 amide bonds. The highest BCUT2D eigenvalue weighted by Crippen LogP contribution is 2.17. The van der Waals surface area contributed by atoms with E-state index < -0.39 is 0 Å². The lowest BCUT2D eigenvalue weighted by Crippen LogP contribution is -2.39. The van der Waals surface area contributed by atoms with E-state index >= 15 is 0 Å². The van der Waals surface area contributed by atoms with Gasteiger partial charge in [0.25, 0.3) is 0 Å². The van der Waals surface area contributed by atoms with E-state index in [1.165, 1.54) is 0 Å². The molecule has 1 aliphatic heterocycles. The molecule has 1 N–H and O–H groups in total. The van der Waals surface area contributed by atoms with Crippen LogP contribution in [0.5, 0.6) is 5.88 Å². The molecule has 2 heterocycles. The van der Waals surface area contributed by atoms with Crippen molar-refractivity contribution >= 4 is 29.9 Å². The van der Waals surface area contributed by atoms with Crippen LogP contribution in [0.3, 0.4) is 0 Å². The number of hydrogen-bond acceptors (Lipinski definition) is 5. The molecule has 1 fully saturated rings. The van der Waals surface area contributed by atoms with Gasteiger partial charge >= 0.3 is 0 Å². The smallest absolute Gasteiger partial charge is 0.213 e. The standard InChI is InChI=1S/C19H32N4O3.HI/c1-15(2)26-18-6-5-16(11-21-18)12-22-19(20-3)23-8-7-17(13-23)14-25-10-9-24-4;/h5-6,11,15,17H,7-10,12-14H2,1-4H3,(H,20,22);1H. The summed E-state index contributed by atoms with van der Waals surface area (Å²) in [4.78, 5) is 11.0. The van der Waals surface area contributed by atoms with E-state index in [1.807, 2.05) is 39.2 Å². The average molecular weight is 492 g/mol. The molecule has 1 aromatic rings. The molecule has 8 heteroatoms. The number of ether oxygens (including phenoxy) is 3. The van der Waals surface area contributed by atoms with E-state index in [-0.39, 0.29) is 30.1 Å². The lowest BCUT2D eigenvalue weighted by molar-refractivity contribution is 0.0536. The van der Waals surface area contributed by atoms with Gasteiger partial charge in [0, 0.05) is 52.0 Å². The minimum atomic E-state index is 0. The maximum absolute atomic E-state index is 5.66. The number of guanidine groups is 1. The molecule has 7 nitrogen and oxygen atoms in total. The number of nitrogens with zero attached hydrogens (tertiary/aromatic N) is 3. The third-order valence-corrected chi connectivity index (χ3v) is 4.19. The predicted molar refractivity (Wildman–Crippen MR) is 118 cm³/mol. The molecule has 154 valence electrons. The zero-order chi connectivity index (χ0) is 18.8. The molecular formula is C19H33IN4O3. The monoisotopic (exact) mass is 492 g/mol. The van der Waals surface area contributed by atoms with E-state index in [0.717, 1.165) is 37.6 Å². The summed E-state index contributed by atoms with van der Waals surface area (Å²) in [6.45, 7) is 8.72. The Labute approximate surface area is 179 Å². The molecular weight excluding hydrogens is 459 g/mol. The van der Waals surface area contributed by atoms with Gasteiger partial charge in [-0.1, -0.05) is 6.07 Å². The SMILES string of the molecule is CN=C(NCc1ccc(OC(C)C)nc1)N1CCC(COCCOC)C1.I. The van der Waals surface area contributed by atoms with Crippen molar-refractivity contribution in [1.82, 2.24) is 15.2 Å². The fraction of sp³-hybridized carbons (Fsp3) is 0.684. The average Bonchev–Trinajstić information content (AvgIpc) is 3.09. The molecule has 1 aromatic heterocycles. The van der Waals surface area contributed by atoms with E-state index in [0.29, 0.717) is 31.6 Å². The van der Waals surface area contributed by atoms with Gasteiger partial charge in [-0.15, -0.1) is 24.0 Å². The van der Waals surface area contributed by atoms with Crippen molar-refractivity contribution in [2.75, 3.05) is 47.1 Å². The fourth-order valence-corrected chi connectivity index (χ4v) is 2.89. The predicted octanol–water partition coefficient (Wildman–Crippen LogP) is 2.55. The Bertz CT molecular complexity index is 554. The number of likely N-dealkylation sites (tertiary alicyclic amines) is 1. The second kappa shape index (κ2) is 13.1. The van der Waals surface area contributed by atoms with E-state index in [2.05, 4.69) is 20.2 Å². The molecule has 2 rings (SSSR count). The van der Waals surface area contributed by atoms with Gasteiger partial charge in [0.1, 0.15) is 0 Å². The quantitative estimate of drug-likeness (QED) is 0.248. The largest absolute Gasteiger partial charge is 0.475 e. The molecule has 1 saturated heterocycles. The van der Waals surface area contributed by atoms with Crippen LogP contribution in [-0.4, -0.2) is 69.0 Å². The Morgan fingerprint density at radius 1 is 1.37 bits per heavy atom. The third kappa shape index (κ3) is 8.61.